The van der Waals surface area contributed by atoms with E-state index in [4.69, 9.17) is 0 Å². The molecule has 0 aromatic rings. The molecule has 0 bridgehead atoms. The maximum atomic E-state index is 0. The van der Waals surface area contributed by atoms with Crippen LogP contribution in [0.2, 0.25) is 0 Å². The molecule has 0 saturated carbocycles. The molecular formula is Al2O2Zn2+6. The first kappa shape index (κ1) is 86.4. The van der Waals surface area contributed by atoms with Gasteiger partial charge in [0.15, 0.2) is 0 Å². The van der Waals surface area contributed by atoms with Crippen LogP contribution in [-0.2, 0) is 49.9 Å². The van der Waals surface area contributed by atoms with Crippen LogP contribution in [0.4, 0.5) is 0 Å². The maximum absolute atomic E-state index is 0. The summed E-state index contributed by atoms with van der Waals surface area (Å²) in [6.45, 7) is 0. The molecule has 0 N–H and O–H groups in total. The van der Waals surface area contributed by atoms with Gasteiger partial charge in [-0.25, -0.2) is 0 Å². The van der Waals surface area contributed by atoms with Crippen LogP contribution in [0.5, 0.6) is 0 Å². The van der Waals surface area contributed by atoms with E-state index in [1.807, 2.05) is 0 Å². The fourth-order valence-corrected chi connectivity index (χ4v) is 0. The molecule has 0 unspecified atom stereocenters. The standard InChI is InChI=1S/2Al.2O.2Zn/q2*+3;2*-2;2*+2. The van der Waals surface area contributed by atoms with E-state index in [0.29, 0.717) is 0 Å². The van der Waals surface area contributed by atoms with Crippen molar-refractivity contribution >= 4 is 34.7 Å². The molecule has 16 valence electrons. The summed E-state index contributed by atoms with van der Waals surface area (Å²) in [5.41, 5.74) is 0. The second-order valence-electron chi connectivity index (χ2n) is 0. The third-order valence-corrected chi connectivity index (χ3v) is 0. The first-order valence-corrected chi connectivity index (χ1v) is 0. The molecule has 6 heavy (non-hydrogen) atoms. The minimum absolute atomic E-state index is 0. The Kier molecular flexibility index (Phi) is 812. The van der Waals surface area contributed by atoms with Crippen molar-refractivity contribution in [2.45, 2.75) is 0 Å². The molecule has 6 heteroatoms. The summed E-state index contributed by atoms with van der Waals surface area (Å²) in [5, 5.41) is 0. The summed E-state index contributed by atoms with van der Waals surface area (Å²) >= 11 is 0. The third kappa shape index (κ3) is 34.2. The Morgan fingerprint density at radius 3 is 0.500 bits per heavy atom. The second kappa shape index (κ2) is 56.4. The Morgan fingerprint density at radius 2 is 0.500 bits per heavy atom. The molecule has 0 fully saturated rings. The molecule has 0 aliphatic rings. The van der Waals surface area contributed by atoms with Gasteiger partial charge >= 0.3 is 73.7 Å². The van der Waals surface area contributed by atoms with Gasteiger partial charge in [0, 0.05) is 0 Å². The van der Waals surface area contributed by atoms with Gasteiger partial charge in [-0.1, -0.05) is 0 Å². The Labute approximate surface area is 83.8 Å². The minimum Gasteiger partial charge on any atom is -2.00 e. The van der Waals surface area contributed by atoms with Gasteiger partial charge < -0.3 is 11.0 Å². The van der Waals surface area contributed by atoms with Gasteiger partial charge in [0.2, 0.25) is 0 Å². The third-order valence-electron chi connectivity index (χ3n) is 0. The van der Waals surface area contributed by atoms with Crippen molar-refractivity contribution in [3.05, 3.63) is 0 Å². The monoisotopic (exact) mass is 214 g/mol. The van der Waals surface area contributed by atoms with Crippen LogP contribution in [-0.4, -0.2) is 34.7 Å². The van der Waals surface area contributed by atoms with E-state index in [9.17, 15) is 0 Å². The van der Waals surface area contributed by atoms with Crippen molar-refractivity contribution in [3.63, 3.8) is 0 Å². The average molecular weight is 217 g/mol. The van der Waals surface area contributed by atoms with Gasteiger partial charge in [-0.05, 0) is 0 Å². The second-order valence-corrected chi connectivity index (χ2v) is 0. The van der Waals surface area contributed by atoms with Crippen LogP contribution in [0.15, 0.2) is 0 Å². The molecule has 2 nitrogen and oxygen atoms in total. The normalized spacial score (nSPS) is 0. The molecule has 0 amide bonds. The first-order valence-electron chi connectivity index (χ1n) is 0. The molecule has 0 spiro atoms. The molecule has 0 aromatic carbocycles. The summed E-state index contributed by atoms with van der Waals surface area (Å²) < 4.78 is 0. The number of hydrogen-bond acceptors (Lipinski definition) is 0. The zero-order valence-electron chi connectivity index (χ0n) is 3.39. The van der Waals surface area contributed by atoms with E-state index in [-0.39, 0.29) is 84.6 Å². The van der Waals surface area contributed by atoms with Crippen LogP contribution >= 0.6 is 0 Å². The average Bonchev–Trinajstić information content (AvgIpc) is 0. The van der Waals surface area contributed by atoms with Gasteiger partial charge in [-0.3, -0.25) is 0 Å². The number of hydrogen-bond donors (Lipinski definition) is 0. The van der Waals surface area contributed by atoms with Gasteiger partial charge in [-0.2, -0.15) is 0 Å². The van der Waals surface area contributed by atoms with E-state index >= 15 is 0 Å². The molecule has 0 atom stereocenters. The van der Waals surface area contributed by atoms with Crippen molar-refractivity contribution in [1.29, 1.82) is 0 Å². The van der Waals surface area contributed by atoms with Gasteiger partial charge in [0.05, 0.1) is 0 Å². The van der Waals surface area contributed by atoms with Crippen molar-refractivity contribution in [3.8, 4) is 0 Å². The van der Waals surface area contributed by atoms with Crippen LogP contribution < -0.4 is 0 Å². The Balaban J connectivity index is 0. The van der Waals surface area contributed by atoms with E-state index in [0.717, 1.165) is 0 Å². The summed E-state index contributed by atoms with van der Waals surface area (Å²) in [5.74, 6) is 0. The van der Waals surface area contributed by atoms with Gasteiger partial charge in [-0.15, -0.1) is 0 Å². The largest absolute Gasteiger partial charge is 3.00 e. The maximum Gasteiger partial charge on any atom is 3.00 e. The van der Waals surface area contributed by atoms with Gasteiger partial charge in [0.1, 0.15) is 0 Å². The van der Waals surface area contributed by atoms with Crippen molar-refractivity contribution < 1.29 is 49.9 Å². The zero-order chi connectivity index (χ0) is 0. The van der Waals surface area contributed by atoms with Crippen molar-refractivity contribution in [2.24, 2.45) is 0 Å². The molecule has 0 heterocycles. The quantitative estimate of drug-likeness (QED) is 0.467. The van der Waals surface area contributed by atoms with Crippen molar-refractivity contribution in [1.82, 2.24) is 0 Å². The molecule has 0 rings (SSSR count). The van der Waals surface area contributed by atoms with Crippen LogP contribution in [0.1, 0.15) is 0 Å². The predicted octanol–water partition coefficient (Wildman–Crippen LogP) is -1.00. The molecular weight excluding hydrogens is 217 g/mol. The fraction of sp³-hybridized carbons (Fsp3) is 0. The van der Waals surface area contributed by atoms with Gasteiger partial charge in [0.25, 0.3) is 0 Å². The molecule has 0 aliphatic carbocycles. The predicted molar refractivity (Wildman–Crippen MR) is 12.9 cm³/mol. The molecule has 0 saturated heterocycles. The van der Waals surface area contributed by atoms with E-state index in [2.05, 4.69) is 0 Å². The Hall–Kier alpha value is 2.23. The Morgan fingerprint density at radius 1 is 0.500 bits per heavy atom. The van der Waals surface area contributed by atoms with Crippen LogP contribution in [0.3, 0.4) is 0 Å². The van der Waals surface area contributed by atoms with Crippen LogP contribution in [0, 0.1) is 0 Å². The summed E-state index contributed by atoms with van der Waals surface area (Å²) in [6, 6.07) is 0. The molecule has 0 aliphatic heterocycles. The topological polar surface area (TPSA) is 57.0 Å². The Bertz CT molecular complexity index is 9.51. The smallest absolute Gasteiger partial charge is 2.00 e. The summed E-state index contributed by atoms with van der Waals surface area (Å²) in [4.78, 5) is 0. The van der Waals surface area contributed by atoms with Crippen molar-refractivity contribution in [2.75, 3.05) is 0 Å². The molecule has 0 aromatic heterocycles. The van der Waals surface area contributed by atoms with Crippen LogP contribution in [0.25, 0.3) is 0 Å². The van der Waals surface area contributed by atoms with E-state index in [1.54, 1.807) is 0 Å². The zero-order valence-corrected chi connectivity index (χ0v) is 11.6. The summed E-state index contributed by atoms with van der Waals surface area (Å²) in [7, 11) is 0. The molecule has 0 radical (unpaired) electrons. The first-order chi connectivity index (χ1) is 0. The summed E-state index contributed by atoms with van der Waals surface area (Å²) in [6.07, 6.45) is 0. The van der Waals surface area contributed by atoms with E-state index < -0.39 is 0 Å². The van der Waals surface area contributed by atoms with E-state index in [1.165, 1.54) is 0 Å². The SMILES string of the molecule is [Al+3].[Al+3].[O-2].[O-2].[Zn+2].[Zn+2]. The minimum atomic E-state index is 0. The fourth-order valence-electron chi connectivity index (χ4n) is 0. The number of rotatable bonds is 0.